The summed E-state index contributed by atoms with van der Waals surface area (Å²) in [6, 6.07) is 0.231. The number of hydrogen-bond donors (Lipinski definition) is 1. The van der Waals surface area contributed by atoms with Crippen LogP contribution in [-0.4, -0.2) is 21.0 Å². The summed E-state index contributed by atoms with van der Waals surface area (Å²) in [5.41, 5.74) is 6.97. The fraction of sp³-hybridized carbons (Fsp3) is 0.800. The van der Waals surface area contributed by atoms with E-state index in [1.807, 2.05) is 17.8 Å². The first-order chi connectivity index (χ1) is 6.65. The maximum atomic E-state index is 5.77. The summed E-state index contributed by atoms with van der Waals surface area (Å²) in [6.45, 7) is 7.29. The predicted molar refractivity (Wildman–Crippen MR) is 57.0 cm³/mol. The van der Waals surface area contributed by atoms with Crippen LogP contribution in [0.25, 0.3) is 0 Å². The molecule has 4 heteroatoms. The van der Waals surface area contributed by atoms with E-state index in [1.54, 1.807) is 0 Å². The van der Waals surface area contributed by atoms with E-state index in [0.29, 0.717) is 5.92 Å². The molecule has 2 unspecified atom stereocenters. The summed E-state index contributed by atoms with van der Waals surface area (Å²) in [6.07, 6.45) is 3.92. The van der Waals surface area contributed by atoms with E-state index in [2.05, 4.69) is 24.2 Å². The second-order valence-electron chi connectivity index (χ2n) is 4.00. The Morgan fingerprint density at radius 3 is 2.79 bits per heavy atom. The molecule has 4 nitrogen and oxygen atoms in total. The highest BCUT2D eigenvalue weighted by Crippen LogP contribution is 2.18. The van der Waals surface area contributed by atoms with E-state index < -0.39 is 0 Å². The molecule has 0 spiro atoms. The van der Waals surface area contributed by atoms with Gasteiger partial charge < -0.3 is 5.73 Å². The number of aryl methyl sites for hydroxylation is 1. The summed E-state index contributed by atoms with van der Waals surface area (Å²) in [4.78, 5) is 0. The molecule has 0 aliphatic carbocycles. The second kappa shape index (κ2) is 5.10. The van der Waals surface area contributed by atoms with Crippen LogP contribution in [0.5, 0.6) is 0 Å². The molecule has 0 saturated carbocycles. The normalized spacial score (nSPS) is 15.4. The van der Waals surface area contributed by atoms with Crippen molar-refractivity contribution >= 4 is 0 Å². The highest BCUT2D eigenvalue weighted by Gasteiger charge is 2.13. The lowest BCUT2D eigenvalue weighted by Gasteiger charge is -2.14. The molecule has 0 radical (unpaired) electrons. The van der Waals surface area contributed by atoms with Gasteiger partial charge in [-0.1, -0.05) is 19.1 Å². The Kier molecular flexibility index (Phi) is 4.07. The van der Waals surface area contributed by atoms with Gasteiger partial charge in [0.25, 0.3) is 0 Å². The summed E-state index contributed by atoms with van der Waals surface area (Å²) in [5, 5.41) is 8.00. The van der Waals surface area contributed by atoms with Crippen molar-refractivity contribution < 1.29 is 0 Å². The summed E-state index contributed by atoms with van der Waals surface area (Å²) in [5.74, 6) is 0.441. The molecule has 0 fully saturated rings. The number of nitrogens with two attached hydrogens (primary N) is 1. The predicted octanol–water partition coefficient (Wildman–Crippen LogP) is 1.53. The lowest BCUT2D eigenvalue weighted by molar-refractivity contribution is 0.502. The Morgan fingerprint density at radius 1 is 1.50 bits per heavy atom. The van der Waals surface area contributed by atoms with Gasteiger partial charge in [0.2, 0.25) is 0 Å². The van der Waals surface area contributed by atoms with Gasteiger partial charge in [-0.2, -0.15) is 0 Å². The number of nitrogens with zero attached hydrogens (tertiary/aromatic N) is 3. The van der Waals surface area contributed by atoms with Crippen LogP contribution in [0.4, 0.5) is 0 Å². The van der Waals surface area contributed by atoms with Crippen LogP contribution >= 0.6 is 0 Å². The zero-order valence-corrected chi connectivity index (χ0v) is 9.27. The van der Waals surface area contributed by atoms with Gasteiger partial charge in [0, 0.05) is 18.5 Å². The van der Waals surface area contributed by atoms with Crippen LogP contribution in [0.15, 0.2) is 6.20 Å². The van der Waals surface area contributed by atoms with Crippen LogP contribution in [-0.2, 0) is 6.54 Å². The lowest BCUT2D eigenvalue weighted by Crippen LogP contribution is -2.19. The Morgan fingerprint density at radius 2 is 2.21 bits per heavy atom. The molecule has 0 bridgehead atoms. The maximum absolute atomic E-state index is 5.77. The van der Waals surface area contributed by atoms with Gasteiger partial charge in [0.05, 0.1) is 11.9 Å². The lowest BCUT2D eigenvalue weighted by atomic mass is 10.0. The van der Waals surface area contributed by atoms with Crippen molar-refractivity contribution in [2.24, 2.45) is 5.73 Å². The van der Waals surface area contributed by atoms with Crippen molar-refractivity contribution in [3.8, 4) is 0 Å². The minimum atomic E-state index is 0.231. The van der Waals surface area contributed by atoms with Gasteiger partial charge in [0.15, 0.2) is 0 Å². The Hall–Kier alpha value is -0.900. The Bertz CT molecular complexity index is 267. The number of aromatic nitrogens is 3. The van der Waals surface area contributed by atoms with Crippen molar-refractivity contribution in [3.63, 3.8) is 0 Å². The van der Waals surface area contributed by atoms with Crippen LogP contribution in [0.3, 0.4) is 0 Å². The minimum Gasteiger partial charge on any atom is -0.328 e. The largest absolute Gasteiger partial charge is 0.328 e. The molecule has 2 N–H and O–H groups in total. The zero-order valence-electron chi connectivity index (χ0n) is 9.27. The summed E-state index contributed by atoms with van der Waals surface area (Å²) < 4.78 is 1.98. The SMILES string of the molecule is CCCn1nncc1C(C)CC(C)N. The van der Waals surface area contributed by atoms with E-state index in [9.17, 15) is 0 Å². The van der Waals surface area contributed by atoms with Gasteiger partial charge in [-0.15, -0.1) is 5.10 Å². The molecule has 2 atom stereocenters. The van der Waals surface area contributed by atoms with Crippen molar-refractivity contribution in [2.45, 2.75) is 52.1 Å². The topological polar surface area (TPSA) is 56.7 Å². The summed E-state index contributed by atoms with van der Waals surface area (Å²) >= 11 is 0. The van der Waals surface area contributed by atoms with Crippen molar-refractivity contribution in [1.29, 1.82) is 0 Å². The van der Waals surface area contributed by atoms with Crippen LogP contribution in [0.2, 0.25) is 0 Å². The van der Waals surface area contributed by atoms with Crippen LogP contribution in [0, 0.1) is 0 Å². The second-order valence-corrected chi connectivity index (χ2v) is 4.00. The van der Waals surface area contributed by atoms with E-state index in [-0.39, 0.29) is 6.04 Å². The minimum absolute atomic E-state index is 0.231. The van der Waals surface area contributed by atoms with Crippen molar-refractivity contribution in [1.82, 2.24) is 15.0 Å². The molecule has 0 aromatic carbocycles. The summed E-state index contributed by atoms with van der Waals surface area (Å²) in [7, 11) is 0. The average molecular weight is 196 g/mol. The molecule has 0 aliphatic rings. The molecule has 0 saturated heterocycles. The molecule has 14 heavy (non-hydrogen) atoms. The molecule has 80 valence electrons. The fourth-order valence-electron chi connectivity index (χ4n) is 1.71. The molecular weight excluding hydrogens is 176 g/mol. The first-order valence-corrected chi connectivity index (χ1v) is 5.29. The number of hydrogen-bond acceptors (Lipinski definition) is 3. The first-order valence-electron chi connectivity index (χ1n) is 5.29. The third-order valence-corrected chi connectivity index (χ3v) is 2.31. The van der Waals surface area contributed by atoms with Crippen molar-refractivity contribution in [2.75, 3.05) is 0 Å². The average Bonchev–Trinajstić information content (AvgIpc) is 2.51. The Balaban J connectivity index is 2.68. The van der Waals surface area contributed by atoms with Crippen LogP contribution in [0.1, 0.15) is 45.2 Å². The van der Waals surface area contributed by atoms with E-state index in [1.165, 1.54) is 5.69 Å². The van der Waals surface area contributed by atoms with Gasteiger partial charge in [0.1, 0.15) is 0 Å². The van der Waals surface area contributed by atoms with E-state index in [4.69, 9.17) is 5.73 Å². The standard InChI is InChI=1S/C10H20N4/c1-4-5-14-10(7-12-13-14)8(2)6-9(3)11/h7-9H,4-6,11H2,1-3H3. The van der Waals surface area contributed by atoms with E-state index >= 15 is 0 Å². The highest BCUT2D eigenvalue weighted by atomic mass is 15.4. The Labute approximate surface area is 85.5 Å². The molecule has 1 heterocycles. The van der Waals surface area contributed by atoms with E-state index in [0.717, 1.165) is 19.4 Å². The van der Waals surface area contributed by atoms with Gasteiger partial charge in [-0.25, -0.2) is 4.68 Å². The molecular formula is C10H20N4. The highest BCUT2D eigenvalue weighted by molar-refractivity contribution is 5.02. The first kappa shape index (κ1) is 11.2. The monoisotopic (exact) mass is 196 g/mol. The maximum Gasteiger partial charge on any atom is 0.0727 e. The number of rotatable bonds is 5. The van der Waals surface area contributed by atoms with Gasteiger partial charge in [-0.05, 0) is 19.8 Å². The third kappa shape index (κ3) is 2.80. The third-order valence-electron chi connectivity index (χ3n) is 2.31. The molecule has 1 rings (SSSR count). The molecule has 0 amide bonds. The molecule has 1 aromatic heterocycles. The van der Waals surface area contributed by atoms with Gasteiger partial charge >= 0.3 is 0 Å². The van der Waals surface area contributed by atoms with Crippen molar-refractivity contribution in [3.05, 3.63) is 11.9 Å². The van der Waals surface area contributed by atoms with Gasteiger partial charge in [-0.3, -0.25) is 0 Å². The molecule has 1 aromatic rings. The quantitative estimate of drug-likeness (QED) is 0.777. The zero-order chi connectivity index (χ0) is 10.6. The molecule has 0 aliphatic heterocycles. The fourth-order valence-corrected chi connectivity index (χ4v) is 1.71. The smallest absolute Gasteiger partial charge is 0.0727 e. The van der Waals surface area contributed by atoms with Crippen LogP contribution < -0.4 is 5.73 Å².